The lowest BCUT2D eigenvalue weighted by Crippen LogP contribution is -2.29. The molecule has 0 aromatic heterocycles. The topological polar surface area (TPSA) is 26.0 Å². The zero-order chi connectivity index (χ0) is 14.2. The minimum Gasteiger partial charge on any atom is -0.324 e. The molecule has 4 heteroatoms. The highest BCUT2D eigenvalue weighted by atomic mass is 79.9. The van der Waals surface area contributed by atoms with Crippen molar-refractivity contribution in [2.24, 2.45) is 17.1 Å². The molecule has 0 radical (unpaired) electrons. The fraction of sp³-hybridized carbons (Fsp3) is 0.600. The van der Waals surface area contributed by atoms with Crippen LogP contribution in [0.4, 0.5) is 4.39 Å². The van der Waals surface area contributed by atoms with Crippen molar-refractivity contribution < 1.29 is 4.39 Å². The molecule has 2 rings (SSSR count). The Kier molecular flexibility index (Phi) is 4.59. The van der Waals surface area contributed by atoms with Gasteiger partial charge in [0.05, 0.1) is 5.02 Å². The summed E-state index contributed by atoms with van der Waals surface area (Å²) in [5.41, 5.74) is 7.20. The van der Waals surface area contributed by atoms with E-state index >= 15 is 0 Å². The lowest BCUT2D eigenvalue weighted by atomic mass is 9.70. The highest BCUT2D eigenvalue weighted by Crippen LogP contribution is 2.43. The largest absolute Gasteiger partial charge is 0.324 e. The molecule has 106 valence electrons. The summed E-state index contributed by atoms with van der Waals surface area (Å²) in [7, 11) is 0. The molecule has 2 N–H and O–H groups in total. The van der Waals surface area contributed by atoms with Crippen LogP contribution in [0.5, 0.6) is 0 Å². The quantitative estimate of drug-likeness (QED) is 0.706. The van der Waals surface area contributed by atoms with E-state index in [4.69, 9.17) is 17.3 Å². The van der Waals surface area contributed by atoms with Crippen LogP contribution in [0.3, 0.4) is 0 Å². The maximum Gasteiger partial charge on any atom is 0.147 e. The smallest absolute Gasteiger partial charge is 0.147 e. The van der Waals surface area contributed by atoms with E-state index in [1.54, 1.807) is 12.1 Å². The summed E-state index contributed by atoms with van der Waals surface area (Å²) in [6, 6.07) is 3.25. The van der Waals surface area contributed by atoms with Crippen LogP contribution in [-0.2, 0) is 0 Å². The molecule has 1 aromatic rings. The third-order valence-corrected chi connectivity index (χ3v) is 5.57. The molecule has 0 spiro atoms. The van der Waals surface area contributed by atoms with Gasteiger partial charge < -0.3 is 5.73 Å². The van der Waals surface area contributed by atoms with Gasteiger partial charge in [0.1, 0.15) is 5.82 Å². The Hall–Kier alpha value is -0.120. The van der Waals surface area contributed by atoms with E-state index in [1.165, 1.54) is 0 Å². The monoisotopic (exact) mass is 347 g/mol. The first-order valence-electron chi connectivity index (χ1n) is 6.71. The van der Waals surface area contributed by atoms with Gasteiger partial charge in [0.25, 0.3) is 0 Å². The summed E-state index contributed by atoms with van der Waals surface area (Å²) in [6.45, 7) is 4.57. The molecular formula is C15H20BrClFN. The van der Waals surface area contributed by atoms with Crippen LogP contribution in [0, 0.1) is 17.2 Å². The van der Waals surface area contributed by atoms with Crippen LogP contribution < -0.4 is 5.73 Å². The predicted molar refractivity (Wildman–Crippen MR) is 81.8 cm³/mol. The van der Waals surface area contributed by atoms with Crippen molar-refractivity contribution in [3.05, 3.63) is 33.0 Å². The lowest BCUT2D eigenvalue weighted by Gasteiger charge is -2.37. The minimum absolute atomic E-state index is 0.129. The van der Waals surface area contributed by atoms with Gasteiger partial charge in [-0.1, -0.05) is 31.5 Å². The molecule has 1 nitrogen and oxygen atoms in total. The summed E-state index contributed by atoms with van der Waals surface area (Å²) >= 11 is 9.16. The molecule has 1 aliphatic carbocycles. The van der Waals surface area contributed by atoms with E-state index in [0.717, 1.165) is 25.7 Å². The number of benzene rings is 1. The first-order chi connectivity index (χ1) is 8.82. The van der Waals surface area contributed by atoms with E-state index < -0.39 is 0 Å². The van der Waals surface area contributed by atoms with Crippen LogP contribution in [0.25, 0.3) is 0 Å². The molecule has 1 aliphatic rings. The van der Waals surface area contributed by atoms with Crippen LogP contribution >= 0.6 is 27.5 Å². The van der Waals surface area contributed by atoms with Crippen LogP contribution in [0.15, 0.2) is 16.6 Å². The maximum absolute atomic E-state index is 14.2. The maximum atomic E-state index is 14.2. The van der Waals surface area contributed by atoms with Gasteiger partial charge in [-0.25, -0.2) is 4.39 Å². The first-order valence-corrected chi connectivity index (χ1v) is 7.88. The highest BCUT2D eigenvalue weighted by molar-refractivity contribution is 9.10. The van der Waals surface area contributed by atoms with Crippen molar-refractivity contribution in [2.75, 3.05) is 0 Å². The highest BCUT2D eigenvalue weighted by Gasteiger charge is 2.31. The van der Waals surface area contributed by atoms with Gasteiger partial charge in [-0.2, -0.15) is 0 Å². The van der Waals surface area contributed by atoms with Gasteiger partial charge in [-0.05, 0) is 59.0 Å². The normalized spacial score (nSPS) is 21.4. The molecule has 0 aliphatic heterocycles. The molecule has 0 saturated heterocycles. The van der Waals surface area contributed by atoms with E-state index in [2.05, 4.69) is 29.8 Å². The van der Waals surface area contributed by atoms with Crippen LogP contribution in [-0.4, -0.2) is 0 Å². The third kappa shape index (κ3) is 3.32. The van der Waals surface area contributed by atoms with Gasteiger partial charge in [0.15, 0.2) is 0 Å². The zero-order valence-electron chi connectivity index (χ0n) is 11.3. The molecule has 1 atom stereocenters. The van der Waals surface area contributed by atoms with Crippen molar-refractivity contribution in [3.8, 4) is 0 Å². The van der Waals surface area contributed by atoms with Crippen molar-refractivity contribution >= 4 is 27.5 Å². The van der Waals surface area contributed by atoms with Crippen LogP contribution in [0.2, 0.25) is 5.02 Å². The van der Waals surface area contributed by atoms with E-state index in [0.29, 0.717) is 21.4 Å². The van der Waals surface area contributed by atoms with Gasteiger partial charge in [0.2, 0.25) is 0 Å². The molecule has 1 unspecified atom stereocenters. The molecule has 19 heavy (non-hydrogen) atoms. The minimum atomic E-state index is -0.381. The van der Waals surface area contributed by atoms with Gasteiger partial charge in [0, 0.05) is 16.1 Å². The molecule has 1 aromatic carbocycles. The number of rotatable bonds is 2. The molecule has 1 saturated carbocycles. The third-order valence-electron chi connectivity index (χ3n) is 4.32. The molecule has 1 fully saturated rings. The second kappa shape index (κ2) is 5.71. The number of hydrogen-bond donors (Lipinski definition) is 1. The average molecular weight is 349 g/mol. The summed E-state index contributed by atoms with van der Waals surface area (Å²) in [6.07, 6.45) is 4.41. The fourth-order valence-electron chi connectivity index (χ4n) is 2.83. The molecule has 0 amide bonds. The van der Waals surface area contributed by atoms with Gasteiger partial charge in [-0.3, -0.25) is 0 Å². The molecular weight excluding hydrogens is 329 g/mol. The number of hydrogen-bond acceptors (Lipinski definition) is 1. The van der Waals surface area contributed by atoms with E-state index in [9.17, 15) is 4.39 Å². The van der Waals surface area contributed by atoms with Crippen molar-refractivity contribution in [1.29, 1.82) is 0 Å². The summed E-state index contributed by atoms with van der Waals surface area (Å²) in [5, 5.41) is 0.129. The van der Waals surface area contributed by atoms with Crippen molar-refractivity contribution in [1.82, 2.24) is 0 Å². The SMILES string of the molecule is CC1(C)CCC(C(N)c2ccc(Br)c(Cl)c2F)CC1. The Bertz CT molecular complexity index is 465. The number of nitrogens with two attached hydrogens (primary N) is 1. The Morgan fingerprint density at radius 3 is 2.53 bits per heavy atom. The first kappa shape index (κ1) is 15.3. The fourth-order valence-corrected chi connectivity index (χ4v) is 3.31. The van der Waals surface area contributed by atoms with E-state index in [-0.39, 0.29) is 16.9 Å². The lowest BCUT2D eigenvalue weighted by molar-refractivity contribution is 0.172. The Morgan fingerprint density at radius 1 is 1.37 bits per heavy atom. The zero-order valence-corrected chi connectivity index (χ0v) is 13.7. The number of halogens is 3. The standard InChI is InChI=1S/C15H20BrClFN/c1-15(2)7-5-9(6-8-15)14(19)10-3-4-11(16)12(17)13(10)18/h3-4,9,14H,5-8,19H2,1-2H3. The second-order valence-corrected chi connectivity index (χ2v) is 7.52. The second-order valence-electron chi connectivity index (χ2n) is 6.29. The van der Waals surface area contributed by atoms with Crippen molar-refractivity contribution in [3.63, 3.8) is 0 Å². The average Bonchev–Trinajstić information content (AvgIpc) is 2.35. The van der Waals surface area contributed by atoms with Crippen molar-refractivity contribution in [2.45, 2.75) is 45.6 Å². The van der Waals surface area contributed by atoms with Gasteiger partial charge in [-0.15, -0.1) is 0 Å². The Labute approximate surface area is 127 Å². The molecule has 0 heterocycles. The summed E-state index contributed by atoms with van der Waals surface area (Å²) in [5.74, 6) is -0.0341. The molecule has 0 bridgehead atoms. The summed E-state index contributed by atoms with van der Waals surface area (Å²) < 4.78 is 14.8. The van der Waals surface area contributed by atoms with Gasteiger partial charge >= 0.3 is 0 Å². The Morgan fingerprint density at radius 2 is 1.95 bits per heavy atom. The predicted octanol–water partition coefficient (Wildman–Crippen LogP) is 5.46. The Balaban J connectivity index is 2.17. The summed E-state index contributed by atoms with van der Waals surface area (Å²) in [4.78, 5) is 0. The van der Waals surface area contributed by atoms with E-state index in [1.807, 2.05) is 0 Å². The van der Waals surface area contributed by atoms with Crippen LogP contribution in [0.1, 0.15) is 51.1 Å².